The van der Waals surface area contributed by atoms with Crippen LogP contribution in [0.5, 0.6) is 5.75 Å². The summed E-state index contributed by atoms with van der Waals surface area (Å²) in [4.78, 5) is 12.2. The van der Waals surface area contributed by atoms with Gasteiger partial charge in [0.1, 0.15) is 5.75 Å². The van der Waals surface area contributed by atoms with Gasteiger partial charge in [0, 0.05) is 10.0 Å². The lowest BCUT2D eigenvalue weighted by Crippen LogP contribution is -2.30. The molecule has 0 aliphatic carbocycles. The molecule has 0 heterocycles. The molecular formula is C17H16Cl3NO2. The van der Waals surface area contributed by atoms with Crippen LogP contribution in [0, 0.1) is 13.8 Å². The number of carbonyl (C=O) groups excluding carboxylic acids is 1. The second kappa shape index (κ2) is 7.43. The van der Waals surface area contributed by atoms with Crippen molar-refractivity contribution < 1.29 is 9.53 Å². The zero-order valence-electron chi connectivity index (χ0n) is 12.9. The van der Waals surface area contributed by atoms with Crippen LogP contribution in [0.1, 0.15) is 18.1 Å². The molecule has 2 rings (SSSR count). The molecule has 0 radical (unpaired) electrons. The number of rotatable bonds is 4. The molecule has 0 saturated heterocycles. The Labute approximate surface area is 150 Å². The molecule has 0 unspecified atom stereocenters. The van der Waals surface area contributed by atoms with Crippen LogP contribution in [0.2, 0.25) is 15.1 Å². The first-order chi connectivity index (χ1) is 10.8. The van der Waals surface area contributed by atoms with Gasteiger partial charge >= 0.3 is 0 Å². The molecule has 0 saturated carbocycles. The summed E-state index contributed by atoms with van der Waals surface area (Å²) in [5, 5.41) is 4.29. The highest BCUT2D eigenvalue weighted by Crippen LogP contribution is 2.28. The van der Waals surface area contributed by atoms with E-state index < -0.39 is 6.10 Å². The van der Waals surface area contributed by atoms with E-state index in [1.807, 2.05) is 13.8 Å². The molecule has 6 heteroatoms. The fraction of sp³-hybridized carbons (Fsp3) is 0.235. The molecule has 0 aliphatic rings. The molecule has 122 valence electrons. The molecule has 0 spiro atoms. The normalized spacial score (nSPS) is 11.9. The highest BCUT2D eigenvalue weighted by atomic mass is 35.5. The van der Waals surface area contributed by atoms with Crippen LogP contribution >= 0.6 is 34.8 Å². The summed E-state index contributed by atoms with van der Waals surface area (Å²) in [6.07, 6.45) is -0.693. The average Bonchev–Trinajstić information content (AvgIpc) is 2.47. The summed E-state index contributed by atoms with van der Waals surface area (Å²) in [7, 11) is 0. The number of ether oxygens (including phenoxy) is 1. The van der Waals surface area contributed by atoms with E-state index in [2.05, 4.69) is 5.32 Å². The van der Waals surface area contributed by atoms with Gasteiger partial charge in [-0.05, 0) is 62.2 Å². The number of aryl methyl sites for hydroxylation is 2. The molecule has 2 aromatic carbocycles. The van der Waals surface area contributed by atoms with Gasteiger partial charge in [-0.15, -0.1) is 0 Å². The number of benzene rings is 2. The molecular weight excluding hydrogens is 357 g/mol. The van der Waals surface area contributed by atoms with Crippen molar-refractivity contribution in [1.29, 1.82) is 0 Å². The van der Waals surface area contributed by atoms with Crippen LogP contribution in [0.15, 0.2) is 30.3 Å². The molecule has 0 aromatic heterocycles. The average molecular weight is 373 g/mol. The second-order valence-electron chi connectivity index (χ2n) is 5.24. The van der Waals surface area contributed by atoms with E-state index >= 15 is 0 Å². The maximum absolute atomic E-state index is 12.2. The third kappa shape index (κ3) is 4.54. The number of carbonyl (C=O) groups is 1. The van der Waals surface area contributed by atoms with Gasteiger partial charge in [0.2, 0.25) is 0 Å². The van der Waals surface area contributed by atoms with Gasteiger partial charge in [-0.25, -0.2) is 0 Å². The van der Waals surface area contributed by atoms with E-state index in [0.29, 0.717) is 26.5 Å². The van der Waals surface area contributed by atoms with Crippen molar-refractivity contribution in [3.8, 4) is 5.75 Å². The third-order valence-electron chi connectivity index (χ3n) is 3.28. The largest absolute Gasteiger partial charge is 0.481 e. The van der Waals surface area contributed by atoms with Gasteiger partial charge in [-0.2, -0.15) is 0 Å². The monoisotopic (exact) mass is 371 g/mol. The first-order valence-corrected chi connectivity index (χ1v) is 8.10. The topological polar surface area (TPSA) is 38.3 Å². The zero-order chi connectivity index (χ0) is 17.1. The second-order valence-corrected chi connectivity index (χ2v) is 6.47. The highest BCUT2D eigenvalue weighted by Gasteiger charge is 2.17. The van der Waals surface area contributed by atoms with Gasteiger partial charge in [-0.1, -0.05) is 34.8 Å². The number of halogens is 3. The lowest BCUT2D eigenvalue weighted by Gasteiger charge is -2.16. The zero-order valence-corrected chi connectivity index (χ0v) is 15.2. The fourth-order valence-corrected chi connectivity index (χ4v) is 2.62. The maximum Gasteiger partial charge on any atom is 0.265 e. The van der Waals surface area contributed by atoms with Crippen molar-refractivity contribution >= 4 is 46.4 Å². The van der Waals surface area contributed by atoms with E-state index in [0.717, 1.165) is 11.1 Å². The number of hydrogen-bond donors (Lipinski definition) is 1. The Morgan fingerprint density at radius 2 is 1.70 bits per heavy atom. The lowest BCUT2D eigenvalue weighted by atomic mass is 10.1. The number of amides is 1. The first kappa shape index (κ1) is 17.9. The van der Waals surface area contributed by atoms with Crippen LogP contribution in [0.3, 0.4) is 0 Å². The number of hydrogen-bond acceptors (Lipinski definition) is 2. The van der Waals surface area contributed by atoms with Gasteiger partial charge in [0.05, 0.1) is 10.7 Å². The smallest absolute Gasteiger partial charge is 0.265 e. The minimum atomic E-state index is -0.693. The van der Waals surface area contributed by atoms with Crippen molar-refractivity contribution in [3.05, 3.63) is 56.5 Å². The number of nitrogens with one attached hydrogen (secondary N) is 1. The third-order valence-corrected chi connectivity index (χ3v) is 4.43. The Kier molecular flexibility index (Phi) is 5.79. The van der Waals surface area contributed by atoms with E-state index in [4.69, 9.17) is 39.5 Å². The molecule has 1 atom stereocenters. The molecule has 0 bridgehead atoms. The van der Waals surface area contributed by atoms with Crippen LogP contribution in [-0.4, -0.2) is 12.0 Å². The van der Waals surface area contributed by atoms with Crippen molar-refractivity contribution in [2.45, 2.75) is 26.9 Å². The van der Waals surface area contributed by atoms with Crippen molar-refractivity contribution in [2.75, 3.05) is 5.32 Å². The van der Waals surface area contributed by atoms with Crippen LogP contribution in [-0.2, 0) is 4.79 Å². The molecule has 23 heavy (non-hydrogen) atoms. The molecule has 0 aliphatic heterocycles. The standard InChI is InChI=1S/C17H16Cl3NO2/c1-9-6-13(7-10(2)16(9)20)23-11(3)17(22)21-15-5-4-12(18)8-14(15)19/h4-8,11H,1-3H3,(H,21,22)/t11-/m0/s1. The summed E-state index contributed by atoms with van der Waals surface area (Å²) in [6.45, 7) is 5.44. The summed E-state index contributed by atoms with van der Waals surface area (Å²) in [6, 6.07) is 8.46. The molecule has 2 aromatic rings. The highest BCUT2D eigenvalue weighted by molar-refractivity contribution is 6.36. The number of anilines is 1. The molecule has 0 fully saturated rings. The SMILES string of the molecule is Cc1cc(O[C@@H](C)C(=O)Nc2ccc(Cl)cc2Cl)cc(C)c1Cl. The Hall–Kier alpha value is -1.42. The van der Waals surface area contributed by atoms with E-state index in [1.165, 1.54) is 0 Å². The van der Waals surface area contributed by atoms with Crippen LogP contribution in [0.4, 0.5) is 5.69 Å². The van der Waals surface area contributed by atoms with Gasteiger partial charge in [-0.3, -0.25) is 4.79 Å². The van der Waals surface area contributed by atoms with Gasteiger partial charge in [0.15, 0.2) is 6.10 Å². The Morgan fingerprint density at radius 1 is 1.09 bits per heavy atom. The van der Waals surface area contributed by atoms with E-state index in [-0.39, 0.29) is 5.91 Å². The molecule has 1 amide bonds. The van der Waals surface area contributed by atoms with Crippen molar-refractivity contribution in [3.63, 3.8) is 0 Å². The predicted octanol–water partition coefficient (Wildman–Crippen LogP) is 5.67. The van der Waals surface area contributed by atoms with Gasteiger partial charge < -0.3 is 10.1 Å². The maximum atomic E-state index is 12.2. The van der Waals surface area contributed by atoms with E-state index in [1.54, 1.807) is 37.3 Å². The quantitative estimate of drug-likeness (QED) is 0.751. The van der Waals surface area contributed by atoms with Crippen molar-refractivity contribution in [1.82, 2.24) is 0 Å². The Bertz CT molecular complexity index is 724. The summed E-state index contributed by atoms with van der Waals surface area (Å²) in [5.41, 5.74) is 2.28. The predicted molar refractivity (Wildman–Crippen MR) is 96.1 cm³/mol. The minimum absolute atomic E-state index is 0.306. The van der Waals surface area contributed by atoms with Crippen molar-refractivity contribution in [2.24, 2.45) is 0 Å². The Balaban J connectivity index is 2.08. The van der Waals surface area contributed by atoms with Crippen LogP contribution < -0.4 is 10.1 Å². The molecule has 3 nitrogen and oxygen atoms in total. The van der Waals surface area contributed by atoms with Crippen LogP contribution in [0.25, 0.3) is 0 Å². The first-order valence-electron chi connectivity index (χ1n) is 6.97. The Morgan fingerprint density at radius 3 is 2.26 bits per heavy atom. The fourth-order valence-electron chi connectivity index (χ4n) is 2.06. The summed E-state index contributed by atoms with van der Waals surface area (Å²) < 4.78 is 5.69. The molecule has 1 N–H and O–H groups in total. The summed E-state index contributed by atoms with van der Waals surface area (Å²) in [5.74, 6) is 0.286. The lowest BCUT2D eigenvalue weighted by molar-refractivity contribution is -0.122. The van der Waals surface area contributed by atoms with Gasteiger partial charge in [0.25, 0.3) is 5.91 Å². The van der Waals surface area contributed by atoms with E-state index in [9.17, 15) is 4.79 Å². The summed E-state index contributed by atoms with van der Waals surface area (Å²) >= 11 is 18.0. The minimum Gasteiger partial charge on any atom is -0.481 e.